The Morgan fingerprint density at radius 2 is 2.00 bits per heavy atom. The summed E-state index contributed by atoms with van der Waals surface area (Å²) in [7, 11) is 0. The molecule has 1 atom stereocenters. The van der Waals surface area contributed by atoms with Crippen molar-refractivity contribution in [2.75, 3.05) is 13.1 Å². The highest BCUT2D eigenvalue weighted by Gasteiger charge is 2.39. The van der Waals surface area contributed by atoms with Gasteiger partial charge in [0, 0.05) is 13.1 Å². The number of likely N-dealkylation sites (tertiary alicyclic amines) is 1. The highest BCUT2D eigenvalue weighted by atomic mass is 16.2. The molecule has 86 valence electrons. The van der Waals surface area contributed by atoms with E-state index in [4.69, 9.17) is 5.73 Å². The topological polar surface area (TPSA) is 46.3 Å². The zero-order valence-corrected chi connectivity index (χ0v) is 9.67. The van der Waals surface area contributed by atoms with Crippen molar-refractivity contribution in [1.82, 2.24) is 4.90 Å². The number of carbonyl (C=O) groups is 1. The number of hydrogen-bond acceptors (Lipinski definition) is 2. The van der Waals surface area contributed by atoms with Crippen molar-refractivity contribution in [3.05, 3.63) is 0 Å². The van der Waals surface area contributed by atoms with E-state index in [1.807, 2.05) is 4.90 Å². The van der Waals surface area contributed by atoms with Crippen LogP contribution in [0.2, 0.25) is 0 Å². The van der Waals surface area contributed by atoms with E-state index in [0.717, 1.165) is 45.2 Å². The second-order valence-corrected chi connectivity index (χ2v) is 5.36. The van der Waals surface area contributed by atoms with Gasteiger partial charge >= 0.3 is 0 Å². The third-order valence-corrected chi connectivity index (χ3v) is 3.88. The van der Waals surface area contributed by atoms with Gasteiger partial charge in [0.25, 0.3) is 0 Å². The summed E-state index contributed by atoms with van der Waals surface area (Å²) in [5.41, 5.74) is 5.71. The number of nitrogens with zero attached hydrogens (tertiary/aromatic N) is 1. The van der Waals surface area contributed by atoms with Crippen LogP contribution in [0, 0.1) is 5.92 Å². The predicted octanol–water partition coefficient (Wildman–Crippen LogP) is 1.52. The normalized spacial score (nSPS) is 30.5. The van der Waals surface area contributed by atoms with Gasteiger partial charge in [-0.3, -0.25) is 4.79 Å². The van der Waals surface area contributed by atoms with E-state index in [-0.39, 0.29) is 5.91 Å². The van der Waals surface area contributed by atoms with Crippen LogP contribution in [-0.4, -0.2) is 29.4 Å². The van der Waals surface area contributed by atoms with Crippen LogP contribution in [0.4, 0.5) is 0 Å². The number of nitrogens with two attached hydrogens (primary N) is 1. The van der Waals surface area contributed by atoms with Crippen LogP contribution in [-0.2, 0) is 4.79 Å². The molecule has 1 saturated carbocycles. The molecule has 1 aliphatic heterocycles. The van der Waals surface area contributed by atoms with Gasteiger partial charge in [0.05, 0.1) is 5.54 Å². The largest absolute Gasteiger partial charge is 0.341 e. The maximum atomic E-state index is 12.3. The number of hydrogen-bond donors (Lipinski definition) is 1. The van der Waals surface area contributed by atoms with E-state index >= 15 is 0 Å². The van der Waals surface area contributed by atoms with E-state index in [9.17, 15) is 4.79 Å². The first-order valence-corrected chi connectivity index (χ1v) is 6.20. The van der Waals surface area contributed by atoms with Gasteiger partial charge in [-0.2, -0.15) is 0 Å². The van der Waals surface area contributed by atoms with Gasteiger partial charge in [0.1, 0.15) is 0 Å². The number of amides is 1. The molecule has 1 heterocycles. The van der Waals surface area contributed by atoms with Crippen molar-refractivity contribution >= 4 is 5.91 Å². The molecule has 0 aromatic rings. The van der Waals surface area contributed by atoms with Crippen LogP contribution < -0.4 is 5.73 Å². The van der Waals surface area contributed by atoms with E-state index in [0.29, 0.717) is 5.92 Å². The highest BCUT2D eigenvalue weighted by molar-refractivity contribution is 5.86. The molecule has 0 radical (unpaired) electrons. The summed E-state index contributed by atoms with van der Waals surface area (Å²) in [6.07, 6.45) is 6.38. The third kappa shape index (κ3) is 2.17. The van der Waals surface area contributed by atoms with Gasteiger partial charge in [0.15, 0.2) is 0 Å². The summed E-state index contributed by atoms with van der Waals surface area (Å²) in [6.45, 7) is 4.04. The minimum Gasteiger partial charge on any atom is -0.341 e. The van der Waals surface area contributed by atoms with Crippen molar-refractivity contribution in [1.29, 1.82) is 0 Å². The zero-order valence-electron chi connectivity index (χ0n) is 9.67. The standard InChI is InChI=1S/C12H22N2O/c1-10-5-8-14(9-10)11(15)12(13)6-3-2-4-7-12/h10H,2-9,13H2,1H3. The molecule has 1 saturated heterocycles. The van der Waals surface area contributed by atoms with Crippen molar-refractivity contribution < 1.29 is 4.79 Å². The Balaban J connectivity index is 1.99. The molecule has 15 heavy (non-hydrogen) atoms. The molecule has 3 heteroatoms. The van der Waals surface area contributed by atoms with Crippen LogP contribution in [0.15, 0.2) is 0 Å². The molecular weight excluding hydrogens is 188 g/mol. The Morgan fingerprint density at radius 1 is 1.33 bits per heavy atom. The summed E-state index contributed by atoms with van der Waals surface area (Å²) in [6, 6.07) is 0. The van der Waals surface area contributed by atoms with Gasteiger partial charge in [0.2, 0.25) is 5.91 Å². The lowest BCUT2D eigenvalue weighted by atomic mass is 9.81. The molecule has 0 aromatic heterocycles. The molecule has 3 nitrogen and oxygen atoms in total. The average Bonchev–Trinajstić information content (AvgIpc) is 2.65. The lowest BCUT2D eigenvalue weighted by molar-refractivity contribution is -0.137. The molecule has 2 fully saturated rings. The lowest BCUT2D eigenvalue weighted by Crippen LogP contribution is -2.55. The van der Waals surface area contributed by atoms with Crippen molar-refractivity contribution in [2.45, 2.75) is 51.0 Å². The maximum Gasteiger partial charge on any atom is 0.242 e. The molecule has 0 bridgehead atoms. The number of carbonyl (C=O) groups excluding carboxylic acids is 1. The maximum absolute atomic E-state index is 12.3. The SMILES string of the molecule is CC1CCN(C(=O)C2(N)CCCCC2)C1. The summed E-state index contributed by atoms with van der Waals surface area (Å²) in [5, 5.41) is 0. The molecule has 0 spiro atoms. The van der Waals surface area contributed by atoms with Crippen LogP contribution in [0.5, 0.6) is 0 Å². The molecule has 1 unspecified atom stereocenters. The fourth-order valence-electron chi connectivity index (χ4n) is 2.83. The molecule has 1 aliphatic carbocycles. The van der Waals surface area contributed by atoms with Crippen molar-refractivity contribution in [3.63, 3.8) is 0 Å². The monoisotopic (exact) mass is 210 g/mol. The summed E-state index contributed by atoms with van der Waals surface area (Å²) in [5.74, 6) is 0.868. The van der Waals surface area contributed by atoms with Crippen molar-refractivity contribution in [2.24, 2.45) is 11.7 Å². The fraction of sp³-hybridized carbons (Fsp3) is 0.917. The van der Waals surface area contributed by atoms with Gasteiger partial charge in [-0.05, 0) is 25.2 Å². The Hall–Kier alpha value is -0.570. The Bertz CT molecular complexity index is 246. The van der Waals surface area contributed by atoms with Crippen LogP contribution in [0.25, 0.3) is 0 Å². The Kier molecular flexibility index (Phi) is 3.01. The van der Waals surface area contributed by atoms with Crippen LogP contribution in [0.3, 0.4) is 0 Å². The molecule has 2 N–H and O–H groups in total. The lowest BCUT2D eigenvalue weighted by Gasteiger charge is -2.35. The van der Waals surface area contributed by atoms with Gasteiger partial charge in [-0.1, -0.05) is 26.2 Å². The van der Waals surface area contributed by atoms with E-state index in [2.05, 4.69) is 6.92 Å². The predicted molar refractivity (Wildman–Crippen MR) is 60.4 cm³/mol. The van der Waals surface area contributed by atoms with Crippen LogP contribution >= 0.6 is 0 Å². The van der Waals surface area contributed by atoms with E-state index in [1.165, 1.54) is 6.42 Å². The first-order valence-electron chi connectivity index (χ1n) is 6.20. The minimum atomic E-state index is -0.525. The van der Waals surface area contributed by atoms with Gasteiger partial charge in [-0.15, -0.1) is 0 Å². The molecule has 2 rings (SSSR count). The Morgan fingerprint density at radius 3 is 2.53 bits per heavy atom. The average molecular weight is 210 g/mol. The first kappa shape index (κ1) is 10.9. The highest BCUT2D eigenvalue weighted by Crippen LogP contribution is 2.29. The quantitative estimate of drug-likeness (QED) is 0.713. The molecular formula is C12H22N2O. The number of rotatable bonds is 1. The molecule has 0 aromatic carbocycles. The smallest absolute Gasteiger partial charge is 0.242 e. The van der Waals surface area contributed by atoms with E-state index < -0.39 is 5.54 Å². The third-order valence-electron chi connectivity index (χ3n) is 3.88. The van der Waals surface area contributed by atoms with Gasteiger partial charge < -0.3 is 10.6 Å². The van der Waals surface area contributed by atoms with Crippen LogP contribution in [0.1, 0.15) is 45.4 Å². The summed E-state index contributed by atoms with van der Waals surface area (Å²) < 4.78 is 0. The first-order chi connectivity index (χ1) is 7.12. The molecule has 2 aliphatic rings. The second kappa shape index (κ2) is 4.12. The summed E-state index contributed by atoms with van der Waals surface area (Å²) >= 11 is 0. The van der Waals surface area contributed by atoms with Crippen molar-refractivity contribution in [3.8, 4) is 0 Å². The van der Waals surface area contributed by atoms with Gasteiger partial charge in [-0.25, -0.2) is 0 Å². The summed E-state index contributed by atoms with van der Waals surface area (Å²) in [4.78, 5) is 14.3. The second-order valence-electron chi connectivity index (χ2n) is 5.36. The minimum absolute atomic E-state index is 0.214. The van der Waals surface area contributed by atoms with E-state index in [1.54, 1.807) is 0 Å². The Labute approximate surface area is 92.0 Å². The fourth-order valence-corrected chi connectivity index (χ4v) is 2.83. The zero-order chi connectivity index (χ0) is 10.9. The molecule has 1 amide bonds.